The predicted molar refractivity (Wildman–Crippen MR) is 81.0 cm³/mol. The minimum Gasteiger partial charge on any atom is -0.381 e. The molecule has 110 valence electrons. The molecule has 1 aliphatic heterocycles. The number of amides is 1. The van der Waals surface area contributed by atoms with Crippen molar-refractivity contribution < 1.29 is 9.53 Å². The Hall–Kier alpha value is -1.06. The van der Waals surface area contributed by atoms with E-state index in [0.717, 1.165) is 44.7 Å². The Morgan fingerprint density at radius 2 is 2.35 bits per heavy atom. The van der Waals surface area contributed by atoms with Crippen LogP contribution in [0.3, 0.4) is 0 Å². The summed E-state index contributed by atoms with van der Waals surface area (Å²) < 4.78 is 5.57. The van der Waals surface area contributed by atoms with Gasteiger partial charge in [0.25, 0.3) is 0 Å². The van der Waals surface area contributed by atoms with Crippen LogP contribution in [0.2, 0.25) is 5.02 Å². The van der Waals surface area contributed by atoms with E-state index in [0.29, 0.717) is 17.4 Å². The Kier molecular flexibility index (Phi) is 5.86. The Bertz CT molecular complexity index is 450. The van der Waals surface area contributed by atoms with Crippen LogP contribution in [0.4, 0.5) is 0 Å². The van der Waals surface area contributed by atoms with Crippen LogP contribution in [0.15, 0.2) is 24.3 Å². The molecule has 3 nitrogen and oxygen atoms in total. The highest BCUT2D eigenvalue weighted by atomic mass is 35.5. The van der Waals surface area contributed by atoms with Crippen molar-refractivity contribution in [1.82, 2.24) is 4.90 Å². The number of halogens is 1. The summed E-state index contributed by atoms with van der Waals surface area (Å²) in [6, 6.07) is 7.52. The van der Waals surface area contributed by atoms with Crippen molar-refractivity contribution in [3.63, 3.8) is 0 Å². The average Bonchev–Trinajstić information content (AvgIpc) is 2.88. The Balaban J connectivity index is 1.79. The van der Waals surface area contributed by atoms with Crippen LogP contribution < -0.4 is 0 Å². The quantitative estimate of drug-likeness (QED) is 0.755. The van der Waals surface area contributed by atoms with Gasteiger partial charge in [-0.1, -0.05) is 30.7 Å². The predicted octanol–water partition coefficient (Wildman–Crippen LogP) is 3.16. The molecule has 1 aromatic carbocycles. The van der Waals surface area contributed by atoms with Gasteiger partial charge >= 0.3 is 0 Å². The van der Waals surface area contributed by atoms with Crippen molar-refractivity contribution in [2.45, 2.75) is 26.2 Å². The molecule has 0 spiro atoms. The van der Waals surface area contributed by atoms with Gasteiger partial charge in [-0.25, -0.2) is 0 Å². The molecule has 1 aliphatic rings. The molecule has 1 saturated heterocycles. The third-order valence-electron chi connectivity index (χ3n) is 3.58. The van der Waals surface area contributed by atoms with Gasteiger partial charge in [-0.2, -0.15) is 0 Å². The highest BCUT2D eigenvalue weighted by molar-refractivity contribution is 6.30. The van der Waals surface area contributed by atoms with E-state index in [2.05, 4.69) is 6.92 Å². The lowest BCUT2D eigenvalue weighted by atomic mass is 10.1. The number of ether oxygens (including phenoxy) is 1. The molecule has 0 N–H and O–H groups in total. The lowest BCUT2D eigenvalue weighted by Gasteiger charge is -2.16. The summed E-state index contributed by atoms with van der Waals surface area (Å²) in [4.78, 5) is 14.2. The molecule has 0 bridgehead atoms. The maximum atomic E-state index is 12.2. The molecule has 1 fully saturated rings. The first-order valence-corrected chi connectivity index (χ1v) is 7.66. The first kappa shape index (κ1) is 15.3. The fourth-order valence-corrected chi connectivity index (χ4v) is 2.74. The van der Waals surface area contributed by atoms with E-state index in [1.807, 2.05) is 29.2 Å². The summed E-state index contributed by atoms with van der Waals surface area (Å²) in [6.45, 7) is 5.36. The Morgan fingerprint density at radius 1 is 1.50 bits per heavy atom. The van der Waals surface area contributed by atoms with Gasteiger partial charge in [0.15, 0.2) is 0 Å². The molecular formula is C16H22ClNO2. The molecule has 1 aromatic rings. The second-order valence-electron chi connectivity index (χ2n) is 5.38. The van der Waals surface area contributed by atoms with Gasteiger partial charge in [-0.15, -0.1) is 0 Å². The van der Waals surface area contributed by atoms with Crippen LogP contribution in [0.25, 0.3) is 0 Å². The van der Waals surface area contributed by atoms with Gasteiger partial charge in [0.2, 0.25) is 5.91 Å². The molecule has 0 aliphatic carbocycles. The van der Waals surface area contributed by atoms with Crippen LogP contribution in [0.5, 0.6) is 0 Å². The van der Waals surface area contributed by atoms with E-state index in [4.69, 9.17) is 16.3 Å². The maximum absolute atomic E-state index is 12.2. The topological polar surface area (TPSA) is 29.5 Å². The van der Waals surface area contributed by atoms with Crippen molar-refractivity contribution in [1.29, 1.82) is 0 Å². The summed E-state index contributed by atoms with van der Waals surface area (Å²) in [7, 11) is 0. The van der Waals surface area contributed by atoms with Crippen molar-refractivity contribution in [2.75, 3.05) is 26.3 Å². The summed E-state index contributed by atoms with van der Waals surface area (Å²) in [5.74, 6) is 0.676. The number of hydrogen-bond donors (Lipinski definition) is 0. The molecule has 1 amide bonds. The third kappa shape index (κ3) is 4.50. The largest absolute Gasteiger partial charge is 0.381 e. The lowest BCUT2D eigenvalue weighted by molar-refractivity contribution is -0.129. The molecule has 0 saturated carbocycles. The number of likely N-dealkylation sites (tertiary alicyclic amines) is 1. The lowest BCUT2D eigenvalue weighted by Crippen LogP contribution is -2.30. The number of hydrogen-bond acceptors (Lipinski definition) is 2. The highest BCUT2D eigenvalue weighted by Crippen LogP contribution is 2.19. The van der Waals surface area contributed by atoms with E-state index in [1.54, 1.807) is 0 Å². The van der Waals surface area contributed by atoms with Crippen LogP contribution in [-0.2, 0) is 16.0 Å². The molecule has 2 rings (SSSR count). The van der Waals surface area contributed by atoms with Crippen LogP contribution >= 0.6 is 11.6 Å². The second kappa shape index (κ2) is 7.65. The zero-order chi connectivity index (χ0) is 14.4. The SMILES string of the molecule is CCCOC[C@H]1CCN(C(=O)Cc2cccc(Cl)c2)C1. The number of benzene rings is 1. The van der Waals surface area contributed by atoms with Crippen molar-refractivity contribution >= 4 is 17.5 Å². The molecule has 0 unspecified atom stereocenters. The van der Waals surface area contributed by atoms with Gasteiger partial charge in [-0.05, 0) is 30.5 Å². The van der Waals surface area contributed by atoms with Gasteiger partial charge in [0.1, 0.15) is 0 Å². The number of nitrogens with zero attached hydrogens (tertiary/aromatic N) is 1. The molecule has 0 aromatic heterocycles. The zero-order valence-electron chi connectivity index (χ0n) is 12.0. The van der Waals surface area contributed by atoms with Crippen molar-refractivity contribution in [3.8, 4) is 0 Å². The maximum Gasteiger partial charge on any atom is 0.227 e. The average molecular weight is 296 g/mol. The van der Waals surface area contributed by atoms with Crippen molar-refractivity contribution in [2.24, 2.45) is 5.92 Å². The standard InChI is InChI=1S/C16H22ClNO2/c1-2-8-20-12-14-6-7-18(11-14)16(19)10-13-4-3-5-15(17)9-13/h3-5,9,14H,2,6-8,10-12H2,1H3/t14-/m0/s1. The number of rotatable bonds is 6. The number of carbonyl (C=O) groups is 1. The van der Waals surface area contributed by atoms with Crippen LogP contribution in [-0.4, -0.2) is 37.1 Å². The molecule has 4 heteroatoms. The van der Waals surface area contributed by atoms with Gasteiger partial charge < -0.3 is 9.64 Å². The summed E-state index contributed by atoms with van der Waals surface area (Å²) in [6.07, 6.45) is 2.53. The van der Waals surface area contributed by atoms with Crippen LogP contribution in [0.1, 0.15) is 25.3 Å². The van der Waals surface area contributed by atoms with E-state index in [1.165, 1.54) is 0 Å². The van der Waals surface area contributed by atoms with E-state index in [9.17, 15) is 4.79 Å². The normalized spacial score (nSPS) is 18.5. The Morgan fingerprint density at radius 3 is 3.10 bits per heavy atom. The monoisotopic (exact) mass is 295 g/mol. The number of carbonyl (C=O) groups excluding carboxylic acids is 1. The third-order valence-corrected chi connectivity index (χ3v) is 3.82. The summed E-state index contributed by atoms with van der Waals surface area (Å²) in [5, 5.41) is 0.683. The zero-order valence-corrected chi connectivity index (χ0v) is 12.7. The fourth-order valence-electron chi connectivity index (χ4n) is 2.52. The minimum atomic E-state index is 0.185. The Labute approximate surface area is 125 Å². The first-order valence-electron chi connectivity index (χ1n) is 7.29. The van der Waals surface area contributed by atoms with Crippen molar-refractivity contribution in [3.05, 3.63) is 34.9 Å². The van der Waals surface area contributed by atoms with E-state index in [-0.39, 0.29) is 5.91 Å². The van der Waals surface area contributed by atoms with Gasteiger partial charge in [0.05, 0.1) is 13.0 Å². The summed E-state index contributed by atoms with van der Waals surface area (Å²) in [5.41, 5.74) is 0.980. The molecule has 1 atom stereocenters. The second-order valence-corrected chi connectivity index (χ2v) is 5.81. The smallest absolute Gasteiger partial charge is 0.227 e. The van der Waals surface area contributed by atoms with E-state index < -0.39 is 0 Å². The molecular weight excluding hydrogens is 274 g/mol. The highest BCUT2D eigenvalue weighted by Gasteiger charge is 2.26. The molecule has 20 heavy (non-hydrogen) atoms. The van der Waals surface area contributed by atoms with Gasteiger partial charge in [0, 0.05) is 30.6 Å². The van der Waals surface area contributed by atoms with Gasteiger partial charge in [-0.3, -0.25) is 4.79 Å². The first-order chi connectivity index (χ1) is 9.69. The summed E-state index contributed by atoms with van der Waals surface area (Å²) >= 11 is 5.94. The van der Waals surface area contributed by atoms with Crippen LogP contribution in [0, 0.1) is 5.92 Å². The molecule has 0 radical (unpaired) electrons. The molecule has 1 heterocycles. The fraction of sp³-hybridized carbons (Fsp3) is 0.562. The van der Waals surface area contributed by atoms with E-state index >= 15 is 0 Å². The minimum absolute atomic E-state index is 0.185.